The number of nitrogens with one attached hydrogen (secondary N) is 1. The molecule has 0 aliphatic rings. The Morgan fingerprint density at radius 1 is 1.29 bits per heavy atom. The van der Waals surface area contributed by atoms with E-state index in [-0.39, 0.29) is 23.1 Å². The monoisotopic (exact) mass is 294 g/mol. The zero-order valence-electron chi connectivity index (χ0n) is 11.8. The van der Waals surface area contributed by atoms with Gasteiger partial charge in [-0.05, 0) is 25.0 Å². The number of nitrogens with zero attached hydrogens (tertiary/aromatic N) is 2. The highest BCUT2D eigenvalue weighted by Crippen LogP contribution is 2.30. The van der Waals surface area contributed by atoms with Gasteiger partial charge in [-0.1, -0.05) is 13.0 Å². The molecule has 3 N–H and O–H groups in total. The molecule has 0 amide bonds. The number of ether oxygens (including phenoxy) is 1. The number of nitrogens with two attached hydrogens (primary N) is 1. The van der Waals surface area contributed by atoms with Crippen molar-refractivity contribution in [3.05, 3.63) is 35.7 Å². The van der Waals surface area contributed by atoms with Crippen molar-refractivity contribution in [1.29, 1.82) is 0 Å². The second-order valence-corrected chi connectivity index (χ2v) is 4.47. The van der Waals surface area contributed by atoms with Crippen molar-refractivity contribution in [1.82, 2.24) is 9.97 Å². The van der Waals surface area contributed by atoms with Crippen molar-refractivity contribution >= 4 is 17.2 Å². The van der Waals surface area contributed by atoms with E-state index >= 15 is 0 Å². The number of rotatable bonds is 5. The third-order valence-electron chi connectivity index (χ3n) is 2.82. The molecule has 0 atom stereocenters. The standard InChI is InChI=1S/C14H16F2N4O/c1-3-6-21-14-11(17)13(18-7-19-14)20-12-9(15)5-4-8(2)10(12)16/h4-5,7H,3,6,17H2,1-2H3,(H,18,19,20). The maximum Gasteiger partial charge on any atom is 0.242 e. The Morgan fingerprint density at radius 3 is 2.76 bits per heavy atom. The van der Waals surface area contributed by atoms with Crippen molar-refractivity contribution < 1.29 is 13.5 Å². The molecule has 0 saturated carbocycles. The number of nitrogen functional groups attached to an aromatic ring is 1. The Bertz CT molecular complexity index is 649. The zero-order chi connectivity index (χ0) is 15.4. The van der Waals surface area contributed by atoms with Gasteiger partial charge in [0.2, 0.25) is 5.88 Å². The minimum absolute atomic E-state index is 0.0968. The van der Waals surface area contributed by atoms with Crippen LogP contribution in [0.15, 0.2) is 18.5 Å². The number of halogens is 2. The zero-order valence-corrected chi connectivity index (χ0v) is 11.8. The summed E-state index contributed by atoms with van der Waals surface area (Å²) < 4.78 is 33.0. The van der Waals surface area contributed by atoms with Crippen molar-refractivity contribution in [2.75, 3.05) is 17.7 Å². The number of hydrogen-bond donors (Lipinski definition) is 2. The van der Waals surface area contributed by atoms with E-state index in [1.165, 1.54) is 18.5 Å². The largest absolute Gasteiger partial charge is 0.476 e. The molecule has 0 radical (unpaired) electrons. The van der Waals surface area contributed by atoms with E-state index in [1.54, 1.807) is 6.92 Å². The lowest BCUT2D eigenvalue weighted by Crippen LogP contribution is -2.07. The van der Waals surface area contributed by atoms with Gasteiger partial charge in [-0.15, -0.1) is 0 Å². The third kappa shape index (κ3) is 3.18. The van der Waals surface area contributed by atoms with Crippen LogP contribution in [-0.4, -0.2) is 16.6 Å². The fourth-order valence-electron chi connectivity index (χ4n) is 1.68. The summed E-state index contributed by atoms with van der Waals surface area (Å²) in [4.78, 5) is 7.79. The minimum Gasteiger partial charge on any atom is -0.476 e. The molecule has 0 unspecified atom stereocenters. The van der Waals surface area contributed by atoms with Crippen molar-refractivity contribution in [3.8, 4) is 5.88 Å². The van der Waals surface area contributed by atoms with Crippen LogP contribution in [0.1, 0.15) is 18.9 Å². The molecule has 1 aromatic heterocycles. The van der Waals surface area contributed by atoms with Crippen molar-refractivity contribution in [3.63, 3.8) is 0 Å². The summed E-state index contributed by atoms with van der Waals surface area (Å²) >= 11 is 0. The number of anilines is 3. The Labute approximate surface area is 121 Å². The first-order valence-electron chi connectivity index (χ1n) is 6.49. The SMILES string of the molecule is CCCOc1ncnc(Nc2c(F)ccc(C)c2F)c1N. The predicted octanol–water partition coefficient (Wildman–Crippen LogP) is 3.18. The summed E-state index contributed by atoms with van der Waals surface area (Å²) in [5.74, 6) is -1.14. The predicted molar refractivity (Wildman–Crippen MR) is 76.6 cm³/mol. The molecule has 0 bridgehead atoms. The molecule has 0 spiro atoms. The lowest BCUT2D eigenvalue weighted by atomic mass is 10.2. The van der Waals surface area contributed by atoms with Gasteiger partial charge < -0.3 is 15.8 Å². The first kappa shape index (κ1) is 15.0. The third-order valence-corrected chi connectivity index (χ3v) is 2.82. The summed E-state index contributed by atoms with van der Waals surface area (Å²) in [6.07, 6.45) is 2.00. The van der Waals surface area contributed by atoms with E-state index in [2.05, 4.69) is 15.3 Å². The van der Waals surface area contributed by atoms with E-state index in [9.17, 15) is 8.78 Å². The lowest BCUT2D eigenvalue weighted by molar-refractivity contribution is 0.307. The van der Waals surface area contributed by atoms with Crippen molar-refractivity contribution in [2.24, 2.45) is 0 Å². The molecule has 0 aliphatic carbocycles. The highest BCUT2D eigenvalue weighted by Gasteiger charge is 2.15. The first-order chi connectivity index (χ1) is 10.0. The van der Waals surface area contributed by atoms with Crippen molar-refractivity contribution in [2.45, 2.75) is 20.3 Å². The maximum absolute atomic E-state index is 14.0. The van der Waals surface area contributed by atoms with Crippen LogP contribution in [0.25, 0.3) is 0 Å². The second kappa shape index (κ2) is 6.34. The van der Waals surface area contributed by atoms with Gasteiger partial charge in [0.1, 0.15) is 23.5 Å². The number of aromatic nitrogens is 2. The molecule has 0 aliphatic heterocycles. The Morgan fingerprint density at radius 2 is 2.05 bits per heavy atom. The summed E-state index contributed by atoms with van der Waals surface area (Å²) in [5, 5.41) is 2.56. The molecule has 112 valence electrons. The van der Waals surface area contributed by atoms with Gasteiger partial charge in [-0.3, -0.25) is 0 Å². The number of aryl methyl sites for hydroxylation is 1. The van der Waals surface area contributed by atoms with Crippen LogP contribution in [-0.2, 0) is 0 Å². The fraction of sp³-hybridized carbons (Fsp3) is 0.286. The van der Waals surface area contributed by atoms with Crippen LogP contribution in [0, 0.1) is 18.6 Å². The Kier molecular flexibility index (Phi) is 4.52. The van der Waals surface area contributed by atoms with Crippen LogP contribution in [0.5, 0.6) is 5.88 Å². The highest BCUT2D eigenvalue weighted by atomic mass is 19.1. The van der Waals surface area contributed by atoms with E-state index in [0.29, 0.717) is 12.2 Å². The van der Waals surface area contributed by atoms with E-state index in [0.717, 1.165) is 6.42 Å². The van der Waals surface area contributed by atoms with Crippen LogP contribution in [0.4, 0.5) is 26.0 Å². The average Bonchev–Trinajstić information content (AvgIpc) is 2.48. The maximum atomic E-state index is 14.0. The average molecular weight is 294 g/mol. The summed E-state index contributed by atoms with van der Waals surface area (Å²) in [5.41, 5.74) is 5.97. The summed E-state index contributed by atoms with van der Waals surface area (Å²) in [6, 6.07) is 2.53. The smallest absolute Gasteiger partial charge is 0.242 e. The van der Waals surface area contributed by atoms with Gasteiger partial charge in [-0.25, -0.2) is 13.8 Å². The highest BCUT2D eigenvalue weighted by molar-refractivity contribution is 5.72. The van der Waals surface area contributed by atoms with E-state index < -0.39 is 11.6 Å². The van der Waals surface area contributed by atoms with Gasteiger partial charge >= 0.3 is 0 Å². The van der Waals surface area contributed by atoms with Gasteiger partial charge in [-0.2, -0.15) is 4.98 Å². The van der Waals surface area contributed by atoms with E-state index in [1.807, 2.05) is 6.92 Å². The van der Waals surface area contributed by atoms with Gasteiger partial charge in [0.05, 0.1) is 6.61 Å². The molecule has 7 heteroatoms. The van der Waals surface area contributed by atoms with Crippen LogP contribution in [0.2, 0.25) is 0 Å². The lowest BCUT2D eigenvalue weighted by Gasteiger charge is -2.13. The Hall–Kier alpha value is -2.44. The molecule has 2 aromatic rings. The van der Waals surface area contributed by atoms with Gasteiger partial charge in [0.15, 0.2) is 11.6 Å². The number of hydrogen-bond acceptors (Lipinski definition) is 5. The normalized spacial score (nSPS) is 10.5. The first-order valence-corrected chi connectivity index (χ1v) is 6.49. The molecule has 0 saturated heterocycles. The quantitative estimate of drug-likeness (QED) is 0.886. The molecule has 21 heavy (non-hydrogen) atoms. The fourth-order valence-corrected chi connectivity index (χ4v) is 1.68. The van der Waals surface area contributed by atoms with Crippen LogP contribution in [0.3, 0.4) is 0 Å². The summed E-state index contributed by atoms with van der Waals surface area (Å²) in [6.45, 7) is 3.92. The topological polar surface area (TPSA) is 73.1 Å². The number of benzene rings is 1. The Balaban J connectivity index is 2.34. The molecular weight excluding hydrogens is 278 g/mol. The molecule has 5 nitrogen and oxygen atoms in total. The molecule has 0 fully saturated rings. The molecular formula is C14H16F2N4O. The van der Waals surface area contributed by atoms with Crippen LogP contribution >= 0.6 is 0 Å². The summed E-state index contributed by atoms with van der Waals surface area (Å²) in [7, 11) is 0. The molecule has 1 aromatic carbocycles. The molecule has 1 heterocycles. The molecule has 2 rings (SSSR count). The second-order valence-electron chi connectivity index (χ2n) is 4.47. The van der Waals surface area contributed by atoms with Crippen LogP contribution < -0.4 is 15.8 Å². The van der Waals surface area contributed by atoms with Gasteiger partial charge in [0, 0.05) is 0 Å². The van der Waals surface area contributed by atoms with E-state index in [4.69, 9.17) is 10.5 Å². The van der Waals surface area contributed by atoms with Gasteiger partial charge in [0.25, 0.3) is 0 Å². The minimum atomic E-state index is -0.730.